The fraction of sp³-hybridized carbons (Fsp3) is 0.273. The van der Waals surface area contributed by atoms with Crippen LogP contribution in [0.1, 0.15) is 11.4 Å². The van der Waals surface area contributed by atoms with E-state index in [1.54, 1.807) is 13.2 Å². The Bertz CT molecular complexity index is 472. The summed E-state index contributed by atoms with van der Waals surface area (Å²) in [5, 5.41) is 10.5. The number of hydrogen-bond acceptors (Lipinski definition) is 4. The Hall–Kier alpha value is -1.59. The third-order valence-corrected chi connectivity index (χ3v) is 2.55. The predicted octanol–water partition coefficient (Wildman–Crippen LogP) is 1.76. The van der Waals surface area contributed by atoms with Gasteiger partial charge >= 0.3 is 0 Å². The Balaban J connectivity index is 1.96. The van der Waals surface area contributed by atoms with E-state index in [9.17, 15) is 0 Å². The van der Waals surface area contributed by atoms with E-state index in [0.29, 0.717) is 18.1 Å². The van der Waals surface area contributed by atoms with Crippen molar-refractivity contribution in [2.75, 3.05) is 7.11 Å². The first-order chi connectivity index (χ1) is 8.29. The maximum Gasteiger partial charge on any atom is 0.138 e. The first-order valence-electron chi connectivity index (χ1n) is 5.17. The van der Waals surface area contributed by atoms with Crippen LogP contribution in [0.15, 0.2) is 24.5 Å². The Morgan fingerprint density at radius 2 is 2.29 bits per heavy atom. The molecule has 90 valence electrons. The Labute approximate surface area is 104 Å². The Kier molecular flexibility index (Phi) is 3.95. The molecule has 0 amide bonds. The van der Waals surface area contributed by atoms with Crippen molar-refractivity contribution in [2.45, 2.75) is 13.1 Å². The Morgan fingerprint density at radius 3 is 3.00 bits per heavy atom. The molecule has 0 unspecified atom stereocenters. The van der Waals surface area contributed by atoms with E-state index < -0.39 is 0 Å². The number of nitrogens with zero attached hydrogens (tertiary/aromatic N) is 2. The molecule has 1 aromatic carbocycles. The highest BCUT2D eigenvalue weighted by Gasteiger charge is 2.04. The standard InChI is InChI=1S/C11H13ClN4O/c1-17-10-3-2-9(12)4-8(10)5-13-6-11-14-7-15-16-11/h2-4,7,13H,5-6H2,1H3,(H,14,15,16). The maximum absolute atomic E-state index is 5.94. The van der Waals surface area contributed by atoms with Crippen molar-refractivity contribution in [2.24, 2.45) is 0 Å². The second-order valence-electron chi connectivity index (χ2n) is 3.49. The lowest BCUT2D eigenvalue weighted by Crippen LogP contribution is -2.14. The zero-order valence-electron chi connectivity index (χ0n) is 9.40. The zero-order chi connectivity index (χ0) is 12.1. The fourth-order valence-corrected chi connectivity index (χ4v) is 1.71. The predicted molar refractivity (Wildman–Crippen MR) is 64.9 cm³/mol. The molecule has 6 heteroatoms. The van der Waals surface area contributed by atoms with E-state index in [1.807, 2.05) is 12.1 Å². The number of hydrogen-bond donors (Lipinski definition) is 2. The highest BCUT2D eigenvalue weighted by atomic mass is 35.5. The molecule has 0 aliphatic carbocycles. The second-order valence-corrected chi connectivity index (χ2v) is 3.93. The first-order valence-corrected chi connectivity index (χ1v) is 5.55. The van der Waals surface area contributed by atoms with Crippen LogP contribution >= 0.6 is 11.6 Å². The topological polar surface area (TPSA) is 62.8 Å². The van der Waals surface area contributed by atoms with Gasteiger partial charge in [0.1, 0.15) is 17.9 Å². The molecule has 1 heterocycles. The van der Waals surface area contributed by atoms with E-state index in [4.69, 9.17) is 16.3 Å². The summed E-state index contributed by atoms with van der Waals surface area (Å²) in [7, 11) is 1.64. The van der Waals surface area contributed by atoms with Gasteiger partial charge in [-0.2, -0.15) is 5.10 Å². The van der Waals surface area contributed by atoms with Gasteiger partial charge in [0.2, 0.25) is 0 Å². The van der Waals surface area contributed by atoms with Crippen LogP contribution in [0.2, 0.25) is 5.02 Å². The van der Waals surface area contributed by atoms with Gasteiger partial charge in [0.15, 0.2) is 0 Å². The summed E-state index contributed by atoms with van der Waals surface area (Å²) in [6.45, 7) is 1.28. The van der Waals surface area contributed by atoms with Crippen molar-refractivity contribution in [3.8, 4) is 5.75 Å². The smallest absolute Gasteiger partial charge is 0.138 e. The fourth-order valence-electron chi connectivity index (χ4n) is 1.52. The van der Waals surface area contributed by atoms with E-state index >= 15 is 0 Å². The maximum atomic E-state index is 5.94. The minimum Gasteiger partial charge on any atom is -0.496 e. The van der Waals surface area contributed by atoms with Crippen LogP contribution in [-0.2, 0) is 13.1 Å². The molecule has 2 rings (SSSR count). The molecule has 2 aromatic rings. The molecule has 0 saturated carbocycles. The molecule has 0 aliphatic rings. The normalized spacial score (nSPS) is 10.5. The van der Waals surface area contributed by atoms with Gasteiger partial charge in [-0.1, -0.05) is 11.6 Å². The average molecular weight is 253 g/mol. The lowest BCUT2D eigenvalue weighted by Gasteiger charge is -2.09. The number of halogens is 1. The van der Waals surface area contributed by atoms with Gasteiger partial charge in [0.05, 0.1) is 13.7 Å². The van der Waals surface area contributed by atoms with Crippen molar-refractivity contribution in [1.29, 1.82) is 0 Å². The van der Waals surface area contributed by atoms with Crippen molar-refractivity contribution in [3.05, 3.63) is 40.9 Å². The quantitative estimate of drug-likeness (QED) is 0.851. The van der Waals surface area contributed by atoms with Gasteiger partial charge in [-0.15, -0.1) is 0 Å². The molecule has 0 atom stereocenters. The van der Waals surface area contributed by atoms with Crippen LogP contribution in [-0.4, -0.2) is 22.3 Å². The lowest BCUT2D eigenvalue weighted by molar-refractivity contribution is 0.407. The first kappa shape index (κ1) is 11.9. The molecule has 5 nitrogen and oxygen atoms in total. The molecule has 0 spiro atoms. The number of ether oxygens (including phenoxy) is 1. The van der Waals surface area contributed by atoms with Crippen molar-refractivity contribution in [3.63, 3.8) is 0 Å². The molecule has 2 N–H and O–H groups in total. The summed E-state index contributed by atoms with van der Waals surface area (Å²) in [4.78, 5) is 4.02. The van der Waals surface area contributed by atoms with Crippen molar-refractivity contribution >= 4 is 11.6 Å². The van der Waals surface area contributed by atoms with E-state index in [2.05, 4.69) is 20.5 Å². The minimum atomic E-state index is 0.621. The van der Waals surface area contributed by atoms with E-state index in [1.165, 1.54) is 6.33 Å². The highest BCUT2D eigenvalue weighted by Crippen LogP contribution is 2.22. The number of aromatic amines is 1. The average Bonchev–Trinajstić information content (AvgIpc) is 2.82. The monoisotopic (exact) mass is 252 g/mol. The molecule has 0 saturated heterocycles. The molecule has 0 radical (unpaired) electrons. The van der Waals surface area contributed by atoms with Crippen LogP contribution in [0, 0.1) is 0 Å². The summed E-state index contributed by atoms with van der Waals surface area (Å²) < 4.78 is 5.25. The Morgan fingerprint density at radius 1 is 1.41 bits per heavy atom. The van der Waals surface area contributed by atoms with Gasteiger partial charge in [-0.25, -0.2) is 4.98 Å². The zero-order valence-corrected chi connectivity index (χ0v) is 10.2. The molecule has 0 fully saturated rings. The van der Waals surface area contributed by atoms with Crippen LogP contribution in [0.4, 0.5) is 0 Å². The minimum absolute atomic E-state index is 0.621. The summed E-state index contributed by atoms with van der Waals surface area (Å²) in [6, 6.07) is 5.54. The molecule has 0 bridgehead atoms. The number of nitrogens with one attached hydrogen (secondary N) is 2. The van der Waals surface area contributed by atoms with Gasteiger partial charge < -0.3 is 10.1 Å². The molecule has 0 aliphatic heterocycles. The van der Waals surface area contributed by atoms with Gasteiger partial charge in [0, 0.05) is 17.1 Å². The number of methoxy groups -OCH3 is 1. The van der Waals surface area contributed by atoms with E-state index in [-0.39, 0.29) is 0 Å². The van der Waals surface area contributed by atoms with Crippen LogP contribution in [0.25, 0.3) is 0 Å². The van der Waals surface area contributed by atoms with Crippen LogP contribution in [0.3, 0.4) is 0 Å². The third-order valence-electron chi connectivity index (χ3n) is 2.32. The number of rotatable bonds is 5. The SMILES string of the molecule is COc1ccc(Cl)cc1CNCc1ncn[nH]1. The largest absolute Gasteiger partial charge is 0.496 e. The third kappa shape index (κ3) is 3.18. The van der Waals surface area contributed by atoms with Crippen LogP contribution in [0.5, 0.6) is 5.75 Å². The summed E-state index contributed by atoms with van der Waals surface area (Å²) in [5.41, 5.74) is 1.01. The van der Waals surface area contributed by atoms with Gasteiger partial charge in [-0.05, 0) is 18.2 Å². The molecule has 1 aromatic heterocycles. The lowest BCUT2D eigenvalue weighted by atomic mass is 10.2. The van der Waals surface area contributed by atoms with Crippen molar-refractivity contribution < 1.29 is 4.74 Å². The van der Waals surface area contributed by atoms with E-state index in [0.717, 1.165) is 17.1 Å². The van der Waals surface area contributed by atoms with Crippen molar-refractivity contribution in [1.82, 2.24) is 20.5 Å². The van der Waals surface area contributed by atoms with Gasteiger partial charge in [0.25, 0.3) is 0 Å². The highest BCUT2D eigenvalue weighted by molar-refractivity contribution is 6.30. The number of aromatic nitrogens is 3. The van der Waals surface area contributed by atoms with Crippen LogP contribution < -0.4 is 10.1 Å². The summed E-state index contributed by atoms with van der Waals surface area (Å²) >= 11 is 5.94. The second kappa shape index (κ2) is 5.65. The van der Waals surface area contributed by atoms with Gasteiger partial charge in [-0.3, -0.25) is 5.10 Å². The molecular formula is C11H13ClN4O. The molecular weight excluding hydrogens is 240 g/mol. The molecule has 17 heavy (non-hydrogen) atoms. The number of benzene rings is 1. The summed E-state index contributed by atoms with van der Waals surface area (Å²) in [5.74, 6) is 1.62. The summed E-state index contributed by atoms with van der Waals surface area (Å²) in [6.07, 6.45) is 1.48. The number of H-pyrrole nitrogens is 1.